The minimum atomic E-state index is -0.274. The second-order valence-electron chi connectivity index (χ2n) is 7.42. The Morgan fingerprint density at radius 1 is 0.833 bits per heavy atom. The summed E-state index contributed by atoms with van der Waals surface area (Å²) in [5.74, 6) is -0.442. The number of nitrogens with zero attached hydrogens (tertiary/aromatic N) is 2. The number of amides is 2. The van der Waals surface area contributed by atoms with E-state index in [2.05, 4.69) is 44.7 Å². The molecule has 6 heteroatoms. The van der Waals surface area contributed by atoms with Gasteiger partial charge in [0.1, 0.15) is 0 Å². The van der Waals surface area contributed by atoms with Crippen LogP contribution in [0.25, 0.3) is 6.08 Å². The lowest BCUT2D eigenvalue weighted by molar-refractivity contribution is -0.123. The lowest BCUT2D eigenvalue weighted by Gasteiger charge is -2.34. The van der Waals surface area contributed by atoms with Crippen molar-refractivity contribution in [3.8, 4) is 0 Å². The summed E-state index contributed by atoms with van der Waals surface area (Å²) in [5, 5.41) is 5.49. The zero-order chi connectivity index (χ0) is 21.0. The van der Waals surface area contributed by atoms with Crippen LogP contribution in [0.2, 0.25) is 0 Å². The molecule has 158 valence electrons. The van der Waals surface area contributed by atoms with Crippen molar-refractivity contribution in [3.63, 3.8) is 0 Å². The Balaban J connectivity index is 1.25. The third-order valence-electron chi connectivity index (χ3n) is 5.11. The Morgan fingerprint density at radius 2 is 1.47 bits per heavy atom. The summed E-state index contributed by atoms with van der Waals surface area (Å²) in [4.78, 5) is 28.6. The third-order valence-corrected chi connectivity index (χ3v) is 5.11. The maximum Gasteiger partial charge on any atom is 0.244 e. The van der Waals surface area contributed by atoms with Gasteiger partial charge in [0, 0.05) is 51.9 Å². The van der Waals surface area contributed by atoms with Crippen LogP contribution in [0.15, 0.2) is 66.7 Å². The van der Waals surface area contributed by atoms with Gasteiger partial charge in [0.15, 0.2) is 0 Å². The first-order valence-electron chi connectivity index (χ1n) is 10.5. The van der Waals surface area contributed by atoms with Crippen LogP contribution in [0.1, 0.15) is 11.1 Å². The molecule has 0 aromatic heterocycles. The smallest absolute Gasteiger partial charge is 0.244 e. The third kappa shape index (κ3) is 7.81. The van der Waals surface area contributed by atoms with E-state index in [0.29, 0.717) is 6.54 Å². The van der Waals surface area contributed by atoms with Crippen molar-refractivity contribution in [1.82, 2.24) is 20.4 Å². The average molecular weight is 407 g/mol. The topological polar surface area (TPSA) is 64.7 Å². The zero-order valence-electron chi connectivity index (χ0n) is 17.3. The SMILES string of the molecule is O=C(/C=C/c1ccccc1)NCC(=O)NCCN1CCN(Cc2ccccc2)CC1. The Morgan fingerprint density at radius 3 is 2.17 bits per heavy atom. The highest BCUT2D eigenvalue weighted by atomic mass is 16.2. The van der Waals surface area contributed by atoms with Crippen LogP contribution in [-0.4, -0.2) is 67.4 Å². The second kappa shape index (κ2) is 11.9. The molecule has 6 nitrogen and oxygen atoms in total. The average Bonchev–Trinajstić information content (AvgIpc) is 2.79. The largest absolute Gasteiger partial charge is 0.353 e. The summed E-state index contributed by atoms with van der Waals surface area (Å²) in [7, 11) is 0. The van der Waals surface area contributed by atoms with Gasteiger partial charge in [-0.3, -0.25) is 19.4 Å². The van der Waals surface area contributed by atoms with Gasteiger partial charge in [-0.2, -0.15) is 0 Å². The highest BCUT2D eigenvalue weighted by molar-refractivity contribution is 5.94. The van der Waals surface area contributed by atoms with E-state index in [9.17, 15) is 9.59 Å². The van der Waals surface area contributed by atoms with Crippen molar-refractivity contribution in [3.05, 3.63) is 77.9 Å². The number of carbonyl (C=O) groups excluding carboxylic acids is 2. The quantitative estimate of drug-likeness (QED) is 0.623. The van der Waals surface area contributed by atoms with E-state index >= 15 is 0 Å². The minimum Gasteiger partial charge on any atom is -0.353 e. The molecule has 0 unspecified atom stereocenters. The summed E-state index contributed by atoms with van der Waals surface area (Å²) in [6.45, 7) is 6.47. The zero-order valence-corrected chi connectivity index (χ0v) is 17.3. The molecule has 1 aliphatic rings. The molecule has 0 atom stereocenters. The number of piperazine rings is 1. The van der Waals surface area contributed by atoms with Crippen LogP contribution < -0.4 is 10.6 Å². The van der Waals surface area contributed by atoms with Gasteiger partial charge in [-0.05, 0) is 17.2 Å². The fourth-order valence-electron chi connectivity index (χ4n) is 3.39. The first kappa shape index (κ1) is 21.7. The van der Waals surface area contributed by atoms with Crippen LogP contribution in [0.3, 0.4) is 0 Å². The maximum absolute atomic E-state index is 11.9. The Hall–Kier alpha value is -2.96. The van der Waals surface area contributed by atoms with E-state index in [1.807, 2.05) is 36.4 Å². The molecule has 1 saturated heterocycles. The van der Waals surface area contributed by atoms with Crippen LogP contribution >= 0.6 is 0 Å². The molecule has 2 aromatic rings. The highest BCUT2D eigenvalue weighted by Gasteiger charge is 2.16. The standard InChI is InChI=1S/C24H30N4O2/c29-23(12-11-21-7-3-1-4-8-21)26-19-24(30)25-13-14-27-15-17-28(18-16-27)20-22-9-5-2-6-10-22/h1-12H,13-20H2,(H,25,30)(H,26,29)/b12-11+. The van der Waals surface area contributed by atoms with E-state index < -0.39 is 0 Å². The molecule has 0 spiro atoms. The molecule has 1 heterocycles. The summed E-state index contributed by atoms with van der Waals surface area (Å²) < 4.78 is 0. The van der Waals surface area contributed by atoms with Crippen LogP contribution in [-0.2, 0) is 16.1 Å². The van der Waals surface area contributed by atoms with Gasteiger partial charge in [0.05, 0.1) is 6.54 Å². The normalized spacial score (nSPS) is 15.2. The molecule has 3 rings (SSSR count). The van der Waals surface area contributed by atoms with Gasteiger partial charge in [-0.25, -0.2) is 0 Å². The molecular formula is C24H30N4O2. The van der Waals surface area contributed by atoms with Crippen molar-refractivity contribution < 1.29 is 9.59 Å². The monoisotopic (exact) mass is 406 g/mol. The predicted octanol–water partition coefficient (Wildman–Crippen LogP) is 1.75. The summed E-state index contributed by atoms with van der Waals surface area (Å²) >= 11 is 0. The first-order valence-corrected chi connectivity index (χ1v) is 10.5. The molecular weight excluding hydrogens is 376 g/mol. The number of hydrogen-bond donors (Lipinski definition) is 2. The van der Waals surface area contributed by atoms with E-state index in [4.69, 9.17) is 0 Å². The molecule has 0 saturated carbocycles. The van der Waals surface area contributed by atoms with Crippen LogP contribution in [0, 0.1) is 0 Å². The van der Waals surface area contributed by atoms with Gasteiger partial charge >= 0.3 is 0 Å². The van der Waals surface area contributed by atoms with E-state index in [-0.39, 0.29) is 18.4 Å². The fraction of sp³-hybridized carbons (Fsp3) is 0.333. The molecule has 2 aromatic carbocycles. The van der Waals surface area contributed by atoms with Crippen molar-refractivity contribution in [1.29, 1.82) is 0 Å². The van der Waals surface area contributed by atoms with Gasteiger partial charge in [0.25, 0.3) is 0 Å². The molecule has 0 aliphatic carbocycles. The molecule has 30 heavy (non-hydrogen) atoms. The molecule has 1 fully saturated rings. The molecule has 0 radical (unpaired) electrons. The summed E-state index contributed by atoms with van der Waals surface area (Å²) in [6.07, 6.45) is 3.17. The Labute approximate surface area is 178 Å². The lowest BCUT2D eigenvalue weighted by atomic mass is 10.2. The van der Waals surface area contributed by atoms with Gasteiger partial charge in [-0.1, -0.05) is 60.7 Å². The van der Waals surface area contributed by atoms with Crippen molar-refractivity contribution in [2.75, 3.05) is 45.8 Å². The van der Waals surface area contributed by atoms with Crippen LogP contribution in [0.4, 0.5) is 0 Å². The maximum atomic E-state index is 11.9. The van der Waals surface area contributed by atoms with Crippen molar-refractivity contribution in [2.24, 2.45) is 0 Å². The Kier molecular flexibility index (Phi) is 8.62. The predicted molar refractivity (Wildman–Crippen MR) is 120 cm³/mol. The number of nitrogens with one attached hydrogen (secondary N) is 2. The second-order valence-corrected chi connectivity index (χ2v) is 7.42. The fourth-order valence-corrected chi connectivity index (χ4v) is 3.39. The summed E-state index contributed by atoms with van der Waals surface area (Å²) in [5.41, 5.74) is 2.29. The van der Waals surface area contributed by atoms with Crippen LogP contribution in [0.5, 0.6) is 0 Å². The Bertz CT molecular complexity index is 816. The summed E-state index contributed by atoms with van der Waals surface area (Å²) in [6, 6.07) is 20.1. The molecule has 2 N–H and O–H groups in total. The van der Waals surface area contributed by atoms with E-state index in [0.717, 1.165) is 44.8 Å². The number of hydrogen-bond acceptors (Lipinski definition) is 4. The van der Waals surface area contributed by atoms with Crippen molar-refractivity contribution in [2.45, 2.75) is 6.54 Å². The number of carbonyl (C=O) groups is 2. The van der Waals surface area contributed by atoms with Gasteiger partial charge < -0.3 is 10.6 Å². The molecule has 2 amide bonds. The highest BCUT2D eigenvalue weighted by Crippen LogP contribution is 2.08. The lowest BCUT2D eigenvalue weighted by Crippen LogP contribution is -2.48. The number of rotatable bonds is 9. The van der Waals surface area contributed by atoms with E-state index in [1.54, 1.807) is 6.08 Å². The van der Waals surface area contributed by atoms with Crippen molar-refractivity contribution >= 4 is 17.9 Å². The first-order chi connectivity index (χ1) is 14.7. The molecule has 0 bridgehead atoms. The molecule has 1 aliphatic heterocycles. The van der Waals surface area contributed by atoms with Gasteiger partial charge in [-0.15, -0.1) is 0 Å². The van der Waals surface area contributed by atoms with Gasteiger partial charge in [0.2, 0.25) is 11.8 Å². The number of benzene rings is 2. The van der Waals surface area contributed by atoms with E-state index in [1.165, 1.54) is 11.6 Å². The minimum absolute atomic E-state index is 0.0111.